The summed E-state index contributed by atoms with van der Waals surface area (Å²) in [5, 5.41) is 1.15. The number of morpholine rings is 1. The van der Waals surface area contributed by atoms with Crippen LogP contribution in [0.5, 0.6) is 17.4 Å². The van der Waals surface area contributed by atoms with Crippen molar-refractivity contribution in [2.75, 3.05) is 52.0 Å². The SMILES string of the molecule is COc1ccc(CCOc2cc(N3CCOCC3)cc(CN=Cc3c[nH]c4ccccc34)n2)cc1OC. The Hall–Kier alpha value is -4.04. The minimum atomic E-state index is 0.462. The summed E-state index contributed by atoms with van der Waals surface area (Å²) in [6.45, 7) is 4.06. The molecule has 3 heterocycles. The summed E-state index contributed by atoms with van der Waals surface area (Å²) in [7, 11) is 3.28. The van der Waals surface area contributed by atoms with Gasteiger partial charge in [-0.25, -0.2) is 4.98 Å². The van der Waals surface area contributed by atoms with Gasteiger partial charge in [0.05, 0.1) is 46.3 Å². The minimum Gasteiger partial charge on any atom is -0.493 e. The highest BCUT2D eigenvalue weighted by atomic mass is 16.5. The maximum Gasteiger partial charge on any atom is 0.215 e. The van der Waals surface area contributed by atoms with Crippen molar-refractivity contribution in [1.82, 2.24) is 9.97 Å². The van der Waals surface area contributed by atoms with Gasteiger partial charge in [0.2, 0.25) is 5.88 Å². The number of rotatable bonds is 10. The molecule has 5 rings (SSSR count). The van der Waals surface area contributed by atoms with Crippen LogP contribution >= 0.6 is 0 Å². The summed E-state index contributed by atoms with van der Waals surface area (Å²) >= 11 is 0. The van der Waals surface area contributed by atoms with Gasteiger partial charge in [-0.05, 0) is 29.8 Å². The number of aromatic amines is 1. The van der Waals surface area contributed by atoms with Gasteiger partial charge >= 0.3 is 0 Å². The van der Waals surface area contributed by atoms with Crippen LogP contribution in [0.15, 0.2) is 65.8 Å². The van der Waals surface area contributed by atoms with Crippen molar-refractivity contribution >= 4 is 22.8 Å². The van der Waals surface area contributed by atoms with Gasteiger partial charge in [0.25, 0.3) is 0 Å². The number of ether oxygens (including phenoxy) is 4. The molecule has 1 saturated heterocycles. The Kier molecular flexibility index (Phi) is 7.86. The largest absolute Gasteiger partial charge is 0.493 e. The normalized spacial score (nSPS) is 13.8. The summed E-state index contributed by atoms with van der Waals surface area (Å²) < 4.78 is 22.4. The van der Waals surface area contributed by atoms with Crippen LogP contribution in [0.3, 0.4) is 0 Å². The number of hydrogen-bond acceptors (Lipinski definition) is 7. The summed E-state index contributed by atoms with van der Waals surface area (Å²) in [5.41, 5.74) is 5.20. The number of fused-ring (bicyclic) bond motifs is 1. The summed E-state index contributed by atoms with van der Waals surface area (Å²) in [6, 6.07) is 18.2. The second-order valence-electron chi connectivity index (χ2n) is 8.80. The Bertz CT molecular complexity index is 1360. The highest BCUT2D eigenvalue weighted by Crippen LogP contribution is 2.28. The first kappa shape index (κ1) is 24.6. The molecule has 4 aromatic rings. The van der Waals surface area contributed by atoms with Crippen LogP contribution in [0.25, 0.3) is 10.9 Å². The molecule has 2 aromatic carbocycles. The quantitative estimate of drug-likeness (QED) is 0.319. The molecule has 1 aliphatic rings. The maximum absolute atomic E-state index is 6.12. The number of anilines is 1. The Balaban J connectivity index is 1.30. The lowest BCUT2D eigenvalue weighted by molar-refractivity contribution is 0.122. The van der Waals surface area contributed by atoms with Gasteiger partial charge in [-0.1, -0.05) is 24.3 Å². The van der Waals surface area contributed by atoms with Gasteiger partial charge in [-0.15, -0.1) is 0 Å². The number of benzene rings is 2. The molecular weight excluding hydrogens is 468 g/mol. The zero-order valence-electron chi connectivity index (χ0n) is 21.3. The molecule has 2 aromatic heterocycles. The molecule has 0 amide bonds. The van der Waals surface area contributed by atoms with Crippen LogP contribution in [0, 0.1) is 0 Å². The molecule has 0 bridgehead atoms. The zero-order chi connectivity index (χ0) is 25.5. The first-order chi connectivity index (χ1) is 18.2. The molecular formula is C29H32N4O4. The molecule has 1 aliphatic heterocycles. The topological polar surface area (TPSA) is 81.2 Å². The molecule has 0 atom stereocenters. The van der Waals surface area contributed by atoms with E-state index in [1.807, 2.05) is 48.8 Å². The first-order valence-electron chi connectivity index (χ1n) is 12.5. The fraction of sp³-hybridized carbons (Fsp3) is 0.310. The van der Waals surface area contributed by atoms with Gasteiger partial charge in [0.15, 0.2) is 11.5 Å². The third-order valence-electron chi connectivity index (χ3n) is 6.41. The molecule has 0 spiro atoms. The highest BCUT2D eigenvalue weighted by Gasteiger charge is 2.14. The molecule has 192 valence electrons. The van der Waals surface area contributed by atoms with E-state index in [0.717, 1.165) is 52.9 Å². The van der Waals surface area contributed by atoms with Crippen LogP contribution in [-0.4, -0.2) is 63.3 Å². The number of pyridine rings is 1. The van der Waals surface area contributed by atoms with Crippen LogP contribution in [0.4, 0.5) is 5.69 Å². The Labute approximate surface area is 216 Å². The first-order valence-corrected chi connectivity index (χ1v) is 12.5. The summed E-state index contributed by atoms with van der Waals surface area (Å²) in [4.78, 5) is 15.0. The third-order valence-corrected chi connectivity index (χ3v) is 6.41. The van der Waals surface area contributed by atoms with E-state index in [1.165, 1.54) is 0 Å². The number of aromatic nitrogens is 2. The molecule has 0 unspecified atom stereocenters. The van der Waals surface area contributed by atoms with E-state index in [4.69, 9.17) is 28.9 Å². The Morgan fingerprint density at radius 2 is 1.86 bits per heavy atom. The number of nitrogens with zero attached hydrogens (tertiary/aromatic N) is 3. The average Bonchev–Trinajstić information content (AvgIpc) is 3.36. The molecule has 0 saturated carbocycles. The number of H-pyrrole nitrogens is 1. The molecule has 8 nitrogen and oxygen atoms in total. The van der Waals surface area contributed by atoms with E-state index in [1.54, 1.807) is 14.2 Å². The monoisotopic (exact) mass is 500 g/mol. The predicted octanol–water partition coefficient (Wildman–Crippen LogP) is 4.66. The fourth-order valence-electron chi connectivity index (χ4n) is 4.45. The fourth-order valence-corrected chi connectivity index (χ4v) is 4.45. The maximum atomic E-state index is 6.12. The number of hydrogen-bond donors (Lipinski definition) is 1. The van der Waals surface area contributed by atoms with Crippen molar-refractivity contribution in [3.63, 3.8) is 0 Å². The van der Waals surface area contributed by atoms with Gasteiger partial charge in [0.1, 0.15) is 0 Å². The van der Waals surface area contributed by atoms with E-state index in [2.05, 4.69) is 28.1 Å². The second-order valence-corrected chi connectivity index (χ2v) is 8.80. The van der Waals surface area contributed by atoms with Crippen molar-refractivity contribution in [1.29, 1.82) is 0 Å². The predicted molar refractivity (Wildman–Crippen MR) is 146 cm³/mol. The third kappa shape index (κ3) is 6.03. The molecule has 0 aliphatic carbocycles. The molecule has 8 heteroatoms. The number of methoxy groups -OCH3 is 2. The van der Waals surface area contributed by atoms with Gasteiger partial charge in [0, 0.05) is 60.1 Å². The lowest BCUT2D eigenvalue weighted by atomic mass is 10.1. The van der Waals surface area contributed by atoms with Crippen molar-refractivity contribution in [2.24, 2.45) is 4.99 Å². The Morgan fingerprint density at radius 1 is 1.03 bits per heavy atom. The highest BCUT2D eigenvalue weighted by molar-refractivity contribution is 5.98. The van der Waals surface area contributed by atoms with Crippen molar-refractivity contribution in [3.05, 3.63) is 77.6 Å². The van der Waals surface area contributed by atoms with Crippen molar-refractivity contribution in [2.45, 2.75) is 13.0 Å². The van der Waals surface area contributed by atoms with Gasteiger partial charge in [-0.2, -0.15) is 0 Å². The lowest BCUT2D eigenvalue weighted by Crippen LogP contribution is -2.36. The average molecular weight is 501 g/mol. The molecule has 1 N–H and O–H groups in total. The minimum absolute atomic E-state index is 0.462. The standard InChI is InChI=1S/C29H32N4O4/c1-34-27-8-7-21(15-28(27)35-2)9-12-37-29-17-24(33-10-13-36-14-11-33)16-23(32-29)20-30-18-22-19-31-26-6-4-3-5-25(22)26/h3-8,15-19,31H,9-14,20H2,1-2H3. The van der Waals surface area contributed by atoms with Crippen LogP contribution in [-0.2, 0) is 17.7 Å². The number of nitrogens with one attached hydrogen (secondary N) is 1. The van der Waals surface area contributed by atoms with Crippen molar-refractivity contribution in [3.8, 4) is 17.4 Å². The molecule has 1 fully saturated rings. The van der Waals surface area contributed by atoms with E-state index < -0.39 is 0 Å². The van der Waals surface area contributed by atoms with Gasteiger partial charge < -0.3 is 28.8 Å². The van der Waals surface area contributed by atoms with E-state index >= 15 is 0 Å². The smallest absolute Gasteiger partial charge is 0.215 e. The zero-order valence-corrected chi connectivity index (χ0v) is 21.3. The number of para-hydroxylation sites is 1. The van der Waals surface area contributed by atoms with Crippen LogP contribution in [0.1, 0.15) is 16.8 Å². The lowest BCUT2D eigenvalue weighted by Gasteiger charge is -2.29. The summed E-state index contributed by atoms with van der Waals surface area (Å²) in [6.07, 6.45) is 4.60. The van der Waals surface area contributed by atoms with E-state index in [-0.39, 0.29) is 0 Å². The molecule has 37 heavy (non-hydrogen) atoms. The molecule has 0 radical (unpaired) electrons. The Morgan fingerprint density at radius 3 is 2.70 bits per heavy atom. The van der Waals surface area contributed by atoms with E-state index in [0.29, 0.717) is 43.7 Å². The van der Waals surface area contributed by atoms with Crippen molar-refractivity contribution < 1.29 is 18.9 Å². The van der Waals surface area contributed by atoms with E-state index in [9.17, 15) is 0 Å². The van der Waals surface area contributed by atoms with Gasteiger partial charge in [-0.3, -0.25) is 4.99 Å². The summed E-state index contributed by atoms with van der Waals surface area (Å²) in [5.74, 6) is 2.02. The van der Waals surface area contributed by atoms with Crippen LogP contribution in [0.2, 0.25) is 0 Å². The second kappa shape index (κ2) is 11.8. The number of aliphatic imine (C=N–C) groups is 1. The van der Waals surface area contributed by atoms with Crippen LogP contribution < -0.4 is 19.1 Å².